The summed E-state index contributed by atoms with van der Waals surface area (Å²) in [6, 6.07) is 6.76. The van der Waals surface area contributed by atoms with E-state index in [1.807, 2.05) is 0 Å². The third kappa shape index (κ3) is 3.69. The van der Waals surface area contributed by atoms with Gasteiger partial charge in [0.05, 0.1) is 12.8 Å². The third-order valence-electron chi connectivity index (χ3n) is 3.41. The smallest absolute Gasteiger partial charge is 0.122 e. The van der Waals surface area contributed by atoms with E-state index in [-0.39, 0.29) is 0 Å². The van der Waals surface area contributed by atoms with Crippen molar-refractivity contribution in [1.29, 1.82) is 0 Å². The van der Waals surface area contributed by atoms with Crippen LogP contribution in [0.2, 0.25) is 0 Å². The zero-order valence-electron chi connectivity index (χ0n) is 11.8. The molecule has 1 unspecified atom stereocenters. The molecule has 2 aromatic rings. The van der Waals surface area contributed by atoms with E-state index in [4.69, 9.17) is 4.42 Å². The van der Waals surface area contributed by atoms with Crippen LogP contribution >= 0.6 is 11.3 Å². The van der Waals surface area contributed by atoms with Crippen LogP contribution in [0.4, 0.5) is 0 Å². The van der Waals surface area contributed by atoms with Crippen molar-refractivity contribution in [3.63, 3.8) is 0 Å². The molecule has 0 saturated heterocycles. The van der Waals surface area contributed by atoms with Crippen LogP contribution in [0, 0.1) is 0 Å². The van der Waals surface area contributed by atoms with E-state index in [9.17, 15) is 0 Å². The van der Waals surface area contributed by atoms with Gasteiger partial charge in [0.2, 0.25) is 0 Å². The molecule has 104 valence electrons. The van der Waals surface area contributed by atoms with E-state index in [2.05, 4.69) is 54.7 Å². The highest BCUT2D eigenvalue weighted by Gasteiger charge is 2.16. The fourth-order valence-electron chi connectivity index (χ4n) is 2.03. The fourth-order valence-corrected chi connectivity index (χ4v) is 2.88. The summed E-state index contributed by atoms with van der Waals surface area (Å²) < 4.78 is 5.62. The van der Waals surface area contributed by atoms with Gasteiger partial charge in [-0.05, 0) is 38.0 Å². The van der Waals surface area contributed by atoms with Crippen LogP contribution in [0.3, 0.4) is 0 Å². The van der Waals surface area contributed by atoms with Crippen molar-refractivity contribution in [1.82, 2.24) is 10.2 Å². The summed E-state index contributed by atoms with van der Waals surface area (Å²) in [5, 5.41) is 5.47. The van der Waals surface area contributed by atoms with Crippen LogP contribution < -0.4 is 5.32 Å². The highest BCUT2D eigenvalue weighted by Crippen LogP contribution is 2.25. The van der Waals surface area contributed by atoms with E-state index in [0.29, 0.717) is 6.04 Å². The minimum atomic E-state index is 0.414. The van der Waals surface area contributed by atoms with Crippen LogP contribution in [-0.2, 0) is 13.1 Å². The lowest BCUT2D eigenvalue weighted by Gasteiger charge is -2.23. The van der Waals surface area contributed by atoms with Crippen molar-refractivity contribution in [2.45, 2.75) is 33.0 Å². The highest BCUT2D eigenvalue weighted by atomic mass is 32.1. The van der Waals surface area contributed by atoms with Gasteiger partial charge in [0.25, 0.3) is 0 Å². The van der Waals surface area contributed by atoms with Crippen molar-refractivity contribution in [2.24, 2.45) is 0 Å². The summed E-state index contributed by atoms with van der Waals surface area (Å²) in [6.07, 6.45) is 1.78. The Hall–Kier alpha value is -1.10. The standard InChI is InChI=1S/C15H22N2OS/c1-4-16-10-13-7-8-18-14(13)11-17(3)12(2)15-6-5-9-19-15/h5-9,12,16H,4,10-11H2,1-3H3. The lowest BCUT2D eigenvalue weighted by atomic mass is 10.2. The summed E-state index contributed by atoms with van der Waals surface area (Å²) in [7, 11) is 2.14. The lowest BCUT2D eigenvalue weighted by molar-refractivity contribution is 0.234. The minimum Gasteiger partial charge on any atom is -0.468 e. The number of nitrogens with one attached hydrogen (secondary N) is 1. The second-order valence-corrected chi connectivity index (χ2v) is 5.74. The number of furan rings is 1. The van der Waals surface area contributed by atoms with Crippen molar-refractivity contribution >= 4 is 11.3 Å². The highest BCUT2D eigenvalue weighted by molar-refractivity contribution is 7.10. The first-order chi connectivity index (χ1) is 9.22. The lowest BCUT2D eigenvalue weighted by Crippen LogP contribution is -2.22. The van der Waals surface area contributed by atoms with Gasteiger partial charge in [-0.3, -0.25) is 4.90 Å². The predicted octanol–water partition coefficient (Wildman–Crippen LogP) is 3.64. The van der Waals surface area contributed by atoms with E-state index in [0.717, 1.165) is 25.4 Å². The van der Waals surface area contributed by atoms with Gasteiger partial charge in [-0.25, -0.2) is 0 Å². The first-order valence-corrected chi connectivity index (χ1v) is 7.60. The molecule has 2 heterocycles. The SMILES string of the molecule is CCNCc1ccoc1CN(C)C(C)c1cccs1. The maximum atomic E-state index is 5.62. The Bertz CT molecular complexity index is 478. The van der Waals surface area contributed by atoms with E-state index in [1.54, 1.807) is 17.6 Å². The van der Waals surface area contributed by atoms with Gasteiger partial charge in [-0.1, -0.05) is 13.0 Å². The molecule has 0 bridgehead atoms. The van der Waals surface area contributed by atoms with Crippen LogP contribution in [0.15, 0.2) is 34.3 Å². The molecule has 0 fully saturated rings. The van der Waals surface area contributed by atoms with Crippen LogP contribution in [0.1, 0.15) is 36.1 Å². The van der Waals surface area contributed by atoms with Gasteiger partial charge < -0.3 is 9.73 Å². The molecule has 0 aliphatic heterocycles. The number of hydrogen-bond donors (Lipinski definition) is 1. The molecule has 1 N–H and O–H groups in total. The quantitative estimate of drug-likeness (QED) is 0.838. The summed E-state index contributed by atoms with van der Waals surface area (Å²) in [5.74, 6) is 1.06. The average molecular weight is 278 g/mol. The van der Waals surface area contributed by atoms with Crippen molar-refractivity contribution in [3.05, 3.63) is 46.0 Å². The third-order valence-corrected chi connectivity index (χ3v) is 4.45. The van der Waals surface area contributed by atoms with E-state index >= 15 is 0 Å². The summed E-state index contributed by atoms with van der Waals surface area (Å²) in [6.45, 7) is 7.05. The normalized spacial score (nSPS) is 13.1. The van der Waals surface area contributed by atoms with Crippen molar-refractivity contribution < 1.29 is 4.42 Å². The molecule has 0 saturated carbocycles. The Kier molecular flexibility index (Phi) is 5.19. The Morgan fingerprint density at radius 2 is 2.26 bits per heavy atom. The fraction of sp³-hybridized carbons (Fsp3) is 0.467. The van der Waals surface area contributed by atoms with Crippen LogP contribution in [0.25, 0.3) is 0 Å². The Balaban J connectivity index is 1.98. The zero-order chi connectivity index (χ0) is 13.7. The molecule has 0 spiro atoms. The first-order valence-electron chi connectivity index (χ1n) is 6.72. The van der Waals surface area contributed by atoms with E-state index < -0.39 is 0 Å². The van der Waals surface area contributed by atoms with Crippen LogP contribution in [0.5, 0.6) is 0 Å². The molecule has 2 aromatic heterocycles. The van der Waals surface area contributed by atoms with Gasteiger partial charge in [-0.2, -0.15) is 0 Å². The zero-order valence-corrected chi connectivity index (χ0v) is 12.7. The second-order valence-electron chi connectivity index (χ2n) is 4.76. The Morgan fingerprint density at radius 1 is 1.42 bits per heavy atom. The summed E-state index contributed by atoms with van der Waals surface area (Å²) in [5.41, 5.74) is 1.26. The molecule has 0 amide bonds. The molecule has 19 heavy (non-hydrogen) atoms. The Morgan fingerprint density at radius 3 is 2.95 bits per heavy atom. The Labute approximate surface area is 119 Å². The van der Waals surface area contributed by atoms with Crippen molar-refractivity contribution in [3.8, 4) is 0 Å². The molecule has 0 aliphatic rings. The van der Waals surface area contributed by atoms with E-state index in [1.165, 1.54) is 10.4 Å². The average Bonchev–Trinajstić information content (AvgIpc) is 3.07. The van der Waals surface area contributed by atoms with Gasteiger partial charge in [0.1, 0.15) is 5.76 Å². The molecule has 4 heteroatoms. The summed E-state index contributed by atoms with van der Waals surface area (Å²) >= 11 is 1.81. The van der Waals surface area contributed by atoms with Gasteiger partial charge in [0, 0.05) is 23.0 Å². The molecular formula is C15H22N2OS. The number of rotatable bonds is 7. The molecular weight excluding hydrogens is 256 g/mol. The maximum Gasteiger partial charge on any atom is 0.122 e. The topological polar surface area (TPSA) is 28.4 Å². The molecule has 0 radical (unpaired) electrons. The van der Waals surface area contributed by atoms with Crippen molar-refractivity contribution in [2.75, 3.05) is 13.6 Å². The monoisotopic (exact) mass is 278 g/mol. The van der Waals surface area contributed by atoms with Gasteiger partial charge in [0.15, 0.2) is 0 Å². The van der Waals surface area contributed by atoms with Gasteiger partial charge in [-0.15, -0.1) is 11.3 Å². The predicted molar refractivity (Wildman–Crippen MR) is 80.3 cm³/mol. The second kappa shape index (κ2) is 6.89. The molecule has 2 rings (SSSR count). The molecule has 1 atom stereocenters. The van der Waals surface area contributed by atoms with Gasteiger partial charge >= 0.3 is 0 Å². The largest absolute Gasteiger partial charge is 0.468 e. The summed E-state index contributed by atoms with van der Waals surface area (Å²) in [4.78, 5) is 3.71. The van der Waals surface area contributed by atoms with Crippen LogP contribution in [-0.4, -0.2) is 18.5 Å². The molecule has 3 nitrogen and oxygen atoms in total. The number of thiophene rings is 1. The number of nitrogens with zero attached hydrogens (tertiary/aromatic N) is 1. The maximum absolute atomic E-state index is 5.62. The molecule has 0 aliphatic carbocycles. The first kappa shape index (κ1) is 14.3. The number of hydrogen-bond acceptors (Lipinski definition) is 4. The molecule has 0 aromatic carbocycles. The minimum absolute atomic E-state index is 0.414.